The third kappa shape index (κ3) is 3.15. The third-order valence-corrected chi connectivity index (χ3v) is 3.72. The van der Waals surface area contributed by atoms with Crippen molar-refractivity contribution in [1.82, 2.24) is 9.88 Å². The van der Waals surface area contributed by atoms with Crippen LogP contribution >= 0.6 is 0 Å². The van der Waals surface area contributed by atoms with Gasteiger partial charge in [0.25, 0.3) is 0 Å². The molecular weight excluding hydrogens is 238 g/mol. The van der Waals surface area contributed by atoms with Crippen molar-refractivity contribution >= 4 is 11.5 Å². The molecule has 0 spiro atoms. The van der Waals surface area contributed by atoms with Crippen LogP contribution in [0.25, 0.3) is 0 Å². The minimum atomic E-state index is 0.448. The van der Waals surface area contributed by atoms with Gasteiger partial charge in [0.1, 0.15) is 6.07 Å². The zero-order valence-electron chi connectivity index (χ0n) is 11.6. The number of nitrogen functional groups attached to an aromatic ring is 1. The summed E-state index contributed by atoms with van der Waals surface area (Å²) >= 11 is 0. The Morgan fingerprint density at radius 1 is 1.63 bits per heavy atom. The van der Waals surface area contributed by atoms with E-state index >= 15 is 0 Å². The van der Waals surface area contributed by atoms with E-state index < -0.39 is 0 Å². The summed E-state index contributed by atoms with van der Waals surface area (Å²) in [6.07, 6.45) is 2.81. The lowest BCUT2D eigenvalue weighted by Crippen LogP contribution is -2.29. The molecule has 1 unspecified atom stereocenters. The summed E-state index contributed by atoms with van der Waals surface area (Å²) in [7, 11) is 0. The topological polar surface area (TPSA) is 78.0 Å². The van der Waals surface area contributed by atoms with Crippen LogP contribution in [0.1, 0.15) is 25.8 Å². The first kappa shape index (κ1) is 13.6. The van der Waals surface area contributed by atoms with Gasteiger partial charge in [0, 0.05) is 25.3 Å². The Balaban J connectivity index is 1.92. The number of rotatable bonds is 4. The summed E-state index contributed by atoms with van der Waals surface area (Å²) < 4.78 is 0. The lowest BCUT2D eigenvalue weighted by Gasteiger charge is -2.20. The minimum absolute atomic E-state index is 0.448. The molecule has 0 aliphatic carbocycles. The first-order valence-electron chi connectivity index (χ1n) is 6.74. The molecule has 0 radical (unpaired) electrons. The molecule has 2 rings (SSSR count). The normalized spacial score (nSPS) is 19.6. The van der Waals surface area contributed by atoms with Crippen LogP contribution in [0, 0.1) is 17.2 Å². The van der Waals surface area contributed by atoms with Gasteiger partial charge in [-0.2, -0.15) is 5.26 Å². The lowest BCUT2D eigenvalue weighted by molar-refractivity contribution is 0.266. The lowest BCUT2D eigenvalue weighted by atomic mass is 10.1. The smallest absolute Gasteiger partial charge is 0.150 e. The number of hydrogen-bond acceptors (Lipinski definition) is 5. The van der Waals surface area contributed by atoms with Gasteiger partial charge in [-0.15, -0.1) is 0 Å². The number of likely N-dealkylation sites (tertiary alicyclic amines) is 1. The molecule has 2 heterocycles. The highest BCUT2D eigenvalue weighted by molar-refractivity contribution is 5.68. The third-order valence-electron chi connectivity index (χ3n) is 3.72. The number of pyridine rings is 1. The van der Waals surface area contributed by atoms with Crippen LogP contribution < -0.4 is 11.1 Å². The van der Waals surface area contributed by atoms with Crippen LogP contribution in [0.4, 0.5) is 11.5 Å². The largest absolute Gasteiger partial charge is 0.395 e. The number of aromatic nitrogens is 1. The molecule has 19 heavy (non-hydrogen) atoms. The van der Waals surface area contributed by atoms with Crippen molar-refractivity contribution in [2.45, 2.75) is 26.3 Å². The van der Waals surface area contributed by atoms with Gasteiger partial charge in [0.2, 0.25) is 0 Å². The molecule has 5 nitrogen and oxygen atoms in total. The van der Waals surface area contributed by atoms with Gasteiger partial charge in [0.15, 0.2) is 5.82 Å². The summed E-state index contributed by atoms with van der Waals surface area (Å²) in [5, 5.41) is 12.2. The fourth-order valence-electron chi connectivity index (χ4n) is 2.45. The van der Waals surface area contributed by atoms with Crippen molar-refractivity contribution in [3.8, 4) is 6.07 Å². The van der Waals surface area contributed by atoms with E-state index in [0.717, 1.165) is 19.6 Å². The number of nitriles is 1. The number of hydrogen-bond donors (Lipinski definition) is 2. The van der Waals surface area contributed by atoms with E-state index in [0.29, 0.717) is 29.0 Å². The monoisotopic (exact) mass is 259 g/mol. The van der Waals surface area contributed by atoms with Crippen LogP contribution in [0.15, 0.2) is 12.3 Å². The minimum Gasteiger partial charge on any atom is -0.395 e. The van der Waals surface area contributed by atoms with Crippen molar-refractivity contribution < 1.29 is 0 Å². The Morgan fingerprint density at radius 2 is 2.42 bits per heavy atom. The summed E-state index contributed by atoms with van der Waals surface area (Å²) in [4.78, 5) is 6.68. The molecule has 102 valence electrons. The molecule has 1 aromatic heterocycles. The Kier molecular flexibility index (Phi) is 4.23. The SMILES string of the molecule is CC(C)N1CCC(CNc2nccc(C#N)c2N)C1. The van der Waals surface area contributed by atoms with Gasteiger partial charge in [-0.25, -0.2) is 4.98 Å². The number of nitrogens with two attached hydrogens (primary N) is 1. The molecule has 0 saturated carbocycles. The molecule has 1 aliphatic heterocycles. The average Bonchev–Trinajstić information content (AvgIpc) is 2.86. The highest BCUT2D eigenvalue weighted by Gasteiger charge is 2.24. The number of nitrogens with one attached hydrogen (secondary N) is 1. The van der Waals surface area contributed by atoms with Gasteiger partial charge in [-0.1, -0.05) is 0 Å². The quantitative estimate of drug-likeness (QED) is 0.860. The maximum Gasteiger partial charge on any atom is 0.150 e. The second-order valence-electron chi connectivity index (χ2n) is 5.36. The fraction of sp³-hybridized carbons (Fsp3) is 0.571. The van der Waals surface area contributed by atoms with E-state index in [1.807, 2.05) is 0 Å². The molecule has 5 heteroatoms. The second kappa shape index (κ2) is 5.89. The highest BCUT2D eigenvalue weighted by Crippen LogP contribution is 2.22. The van der Waals surface area contributed by atoms with Gasteiger partial charge >= 0.3 is 0 Å². The van der Waals surface area contributed by atoms with Gasteiger partial charge in [-0.3, -0.25) is 0 Å². The van der Waals surface area contributed by atoms with Crippen LogP contribution in [0.3, 0.4) is 0 Å². The van der Waals surface area contributed by atoms with Gasteiger partial charge in [0.05, 0.1) is 11.3 Å². The second-order valence-corrected chi connectivity index (χ2v) is 5.36. The van der Waals surface area contributed by atoms with E-state index in [4.69, 9.17) is 11.0 Å². The predicted octanol–water partition coefficient (Wildman–Crippen LogP) is 1.68. The summed E-state index contributed by atoms with van der Waals surface area (Å²) in [6, 6.07) is 4.31. The van der Waals surface area contributed by atoms with Crippen LogP contribution in [-0.2, 0) is 0 Å². The van der Waals surface area contributed by atoms with Crippen LogP contribution in [0.2, 0.25) is 0 Å². The molecule has 0 bridgehead atoms. The van der Waals surface area contributed by atoms with Crippen molar-refractivity contribution in [3.05, 3.63) is 17.8 Å². The summed E-state index contributed by atoms with van der Waals surface area (Å²) in [5.41, 5.74) is 6.82. The standard InChI is InChI=1S/C14H21N5/c1-10(2)19-6-4-11(9-19)8-18-14-13(16)12(7-15)3-5-17-14/h3,5,10-11H,4,6,8-9,16H2,1-2H3,(H,17,18). The summed E-state index contributed by atoms with van der Waals surface area (Å²) in [6.45, 7) is 7.58. The summed E-state index contributed by atoms with van der Waals surface area (Å²) in [5.74, 6) is 1.25. The van der Waals surface area contributed by atoms with Gasteiger partial charge in [-0.05, 0) is 38.8 Å². The Hall–Kier alpha value is -1.80. The molecule has 1 fully saturated rings. The Bertz CT molecular complexity index is 477. The molecule has 1 aliphatic rings. The van der Waals surface area contributed by atoms with E-state index in [-0.39, 0.29) is 0 Å². The first-order valence-corrected chi connectivity index (χ1v) is 6.74. The Morgan fingerprint density at radius 3 is 3.05 bits per heavy atom. The average molecular weight is 259 g/mol. The fourth-order valence-corrected chi connectivity index (χ4v) is 2.45. The maximum absolute atomic E-state index is 8.93. The van der Waals surface area contributed by atoms with E-state index in [1.54, 1.807) is 12.3 Å². The van der Waals surface area contributed by atoms with Crippen LogP contribution in [0.5, 0.6) is 0 Å². The van der Waals surface area contributed by atoms with E-state index in [9.17, 15) is 0 Å². The van der Waals surface area contributed by atoms with E-state index in [2.05, 4.69) is 35.1 Å². The molecule has 1 saturated heterocycles. The van der Waals surface area contributed by atoms with Gasteiger partial charge < -0.3 is 16.0 Å². The van der Waals surface area contributed by atoms with Crippen molar-refractivity contribution in [2.75, 3.05) is 30.7 Å². The molecule has 3 N–H and O–H groups in total. The zero-order valence-corrected chi connectivity index (χ0v) is 11.6. The molecular formula is C14H21N5. The number of nitrogens with zero attached hydrogens (tertiary/aromatic N) is 3. The zero-order chi connectivity index (χ0) is 13.8. The Labute approximate surface area is 114 Å². The molecule has 0 amide bonds. The van der Waals surface area contributed by atoms with Crippen molar-refractivity contribution in [2.24, 2.45) is 5.92 Å². The predicted molar refractivity (Wildman–Crippen MR) is 76.7 cm³/mol. The van der Waals surface area contributed by atoms with Crippen molar-refractivity contribution in [1.29, 1.82) is 5.26 Å². The highest BCUT2D eigenvalue weighted by atomic mass is 15.2. The molecule has 0 aromatic carbocycles. The first-order chi connectivity index (χ1) is 9.11. The molecule has 1 aromatic rings. The van der Waals surface area contributed by atoms with Crippen LogP contribution in [-0.4, -0.2) is 35.6 Å². The molecule has 1 atom stereocenters. The number of anilines is 2. The maximum atomic E-state index is 8.93. The van der Waals surface area contributed by atoms with Crippen molar-refractivity contribution in [3.63, 3.8) is 0 Å². The van der Waals surface area contributed by atoms with E-state index in [1.165, 1.54) is 6.42 Å².